The third-order valence-electron chi connectivity index (χ3n) is 4.11. The van der Waals surface area contributed by atoms with Gasteiger partial charge in [-0.15, -0.1) is 0 Å². The normalized spacial score (nSPS) is 25.8. The molecule has 1 saturated heterocycles. The molecule has 1 aliphatic rings. The van der Waals surface area contributed by atoms with Gasteiger partial charge in [-0.25, -0.2) is 0 Å². The molecule has 0 aromatic carbocycles. The number of piperidine rings is 1. The zero-order valence-electron chi connectivity index (χ0n) is 12.1. The number of nitrogens with zero attached hydrogens (tertiary/aromatic N) is 1. The lowest BCUT2D eigenvalue weighted by molar-refractivity contribution is 0.149. The Bertz CT molecular complexity index is 191. The van der Waals surface area contributed by atoms with E-state index in [2.05, 4.69) is 25.7 Å². The SMILES string of the molecule is CCC1CCCN(CC(C)CCCC(C)N)C1. The van der Waals surface area contributed by atoms with Crippen LogP contribution in [0.4, 0.5) is 0 Å². The van der Waals surface area contributed by atoms with Crippen LogP contribution < -0.4 is 5.73 Å². The summed E-state index contributed by atoms with van der Waals surface area (Å²) in [5.74, 6) is 1.80. The maximum absolute atomic E-state index is 5.79. The molecule has 1 fully saturated rings. The summed E-state index contributed by atoms with van der Waals surface area (Å²) >= 11 is 0. The Balaban J connectivity index is 2.14. The fourth-order valence-electron chi connectivity index (χ4n) is 2.97. The standard InChI is InChI=1S/C15H32N2/c1-4-15-9-6-10-17(12-15)11-13(2)7-5-8-14(3)16/h13-15H,4-12,16H2,1-3H3. The fraction of sp³-hybridized carbons (Fsp3) is 1.00. The molecule has 1 aliphatic heterocycles. The first-order valence-electron chi connectivity index (χ1n) is 7.59. The smallest absolute Gasteiger partial charge is 0.00104 e. The van der Waals surface area contributed by atoms with Crippen molar-refractivity contribution in [2.75, 3.05) is 19.6 Å². The van der Waals surface area contributed by atoms with Gasteiger partial charge in [0.15, 0.2) is 0 Å². The van der Waals surface area contributed by atoms with Crippen molar-refractivity contribution < 1.29 is 0 Å². The number of nitrogens with two attached hydrogens (primary N) is 1. The van der Waals surface area contributed by atoms with Crippen molar-refractivity contribution in [3.8, 4) is 0 Å². The molecule has 17 heavy (non-hydrogen) atoms. The Morgan fingerprint density at radius 3 is 2.71 bits per heavy atom. The molecule has 0 radical (unpaired) electrons. The van der Waals surface area contributed by atoms with E-state index in [1.165, 1.54) is 58.2 Å². The van der Waals surface area contributed by atoms with Crippen LogP contribution in [0.15, 0.2) is 0 Å². The third kappa shape index (κ3) is 6.42. The Morgan fingerprint density at radius 2 is 2.06 bits per heavy atom. The zero-order chi connectivity index (χ0) is 12.7. The van der Waals surface area contributed by atoms with Crippen molar-refractivity contribution in [1.29, 1.82) is 0 Å². The van der Waals surface area contributed by atoms with Crippen molar-refractivity contribution in [3.63, 3.8) is 0 Å². The van der Waals surface area contributed by atoms with E-state index in [0.717, 1.165) is 11.8 Å². The van der Waals surface area contributed by atoms with Gasteiger partial charge in [-0.05, 0) is 51.0 Å². The van der Waals surface area contributed by atoms with Crippen molar-refractivity contribution >= 4 is 0 Å². The second-order valence-corrected chi connectivity index (χ2v) is 6.19. The van der Waals surface area contributed by atoms with Crippen LogP contribution >= 0.6 is 0 Å². The van der Waals surface area contributed by atoms with E-state index in [1.54, 1.807) is 0 Å². The molecule has 0 amide bonds. The van der Waals surface area contributed by atoms with Gasteiger partial charge in [-0.3, -0.25) is 0 Å². The molecule has 0 aliphatic carbocycles. The van der Waals surface area contributed by atoms with Gasteiger partial charge < -0.3 is 10.6 Å². The molecule has 2 N–H and O–H groups in total. The average Bonchev–Trinajstić information content (AvgIpc) is 2.28. The van der Waals surface area contributed by atoms with Crippen LogP contribution in [0.1, 0.15) is 59.3 Å². The monoisotopic (exact) mass is 240 g/mol. The van der Waals surface area contributed by atoms with E-state index in [-0.39, 0.29) is 0 Å². The van der Waals surface area contributed by atoms with Crippen LogP contribution in [0.25, 0.3) is 0 Å². The zero-order valence-corrected chi connectivity index (χ0v) is 12.1. The topological polar surface area (TPSA) is 29.3 Å². The molecule has 0 bridgehead atoms. The van der Waals surface area contributed by atoms with Gasteiger partial charge in [0.2, 0.25) is 0 Å². The molecule has 102 valence electrons. The molecule has 1 heterocycles. The summed E-state index contributed by atoms with van der Waals surface area (Å²) in [6.45, 7) is 10.8. The van der Waals surface area contributed by atoms with Gasteiger partial charge in [0, 0.05) is 19.1 Å². The van der Waals surface area contributed by atoms with Gasteiger partial charge in [0.25, 0.3) is 0 Å². The molecule has 0 aromatic rings. The molecule has 1 rings (SSSR count). The first kappa shape index (κ1) is 15.0. The van der Waals surface area contributed by atoms with Gasteiger partial charge in [-0.1, -0.05) is 26.7 Å². The summed E-state index contributed by atoms with van der Waals surface area (Å²) in [7, 11) is 0. The summed E-state index contributed by atoms with van der Waals surface area (Å²) < 4.78 is 0. The van der Waals surface area contributed by atoms with Crippen molar-refractivity contribution in [1.82, 2.24) is 4.90 Å². The summed E-state index contributed by atoms with van der Waals surface area (Å²) in [4.78, 5) is 2.69. The fourth-order valence-corrected chi connectivity index (χ4v) is 2.97. The quantitative estimate of drug-likeness (QED) is 0.740. The van der Waals surface area contributed by atoms with Crippen LogP contribution in [-0.4, -0.2) is 30.6 Å². The van der Waals surface area contributed by atoms with Gasteiger partial charge in [-0.2, -0.15) is 0 Å². The highest BCUT2D eigenvalue weighted by Gasteiger charge is 2.19. The minimum absolute atomic E-state index is 0.377. The van der Waals surface area contributed by atoms with Crippen molar-refractivity contribution in [2.45, 2.75) is 65.3 Å². The average molecular weight is 240 g/mol. The van der Waals surface area contributed by atoms with Crippen LogP contribution in [0, 0.1) is 11.8 Å². The van der Waals surface area contributed by atoms with E-state index >= 15 is 0 Å². The molecule has 2 heteroatoms. The first-order chi connectivity index (χ1) is 8.11. The van der Waals surface area contributed by atoms with Gasteiger partial charge in [0.05, 0.1) is 0 Å². The predicted molar refractivity (Wildman–Crippen MR) is 76.1 cm³/mol. The molecule has 3 unspecified atom stereocenters. The van der Waals surface area contributed by atoms with Gasteiger partial charge >= 0.3 is 0 Å². The highest BCUT2D eigenvalue weighted by molar-refractivity contribution is 4.73. The first-order valence-corrected chi connectivity index (χ1v) is 7.59. The Kier molecular flexibility index (Phi) is 7.14. The van der Waals surface area contributed by atoms with Crippen LogP contribution in [0.2, 0.25) is 0 Å². The molecule has 2 nitrogen and oxygen atoms in total. The number of rotatable bonds is 7. The molecule has 0 spiro atoms. The van der Waals surface area contributed by atoms with E-state index in [4.69, 9.17) is 5.73 Å². The van der Waals surface area contributed by atoms with E-state index in [1.807, 2.05) is 0 Å². The highest BCUT2D eigenvalue weighted by atomic mass is 15.1. The van der Waals surface area contributed by atoms with Crippen LogP contribution in [0.3, 0.4) is 0 Å². The molecule has 3 atom stereocenters. The Hall–Kier alpha value is -0.0800. The lowest BCUT2D eigenvalue weighted by atomic mass is 9.94. The summed E-state index contributed by atoms with van der Waals surface area (Å²) in [5, 5.41) is 0. The summed E-state index contributed by atoms with van der Waals surface area (Å²) in [5.41, 5.74) is 5.79. The highest BCUT2D eigenvalue weighted by Crippen LogP contribution is 2.21. The minimum Gasteiger partial charge on any atom is -0.328 e. The van der Waals surface area contributed by atoms with Crippen molar-refractivity contribution in [2.24, 2.45) is 17.6 Å². The van der Waals surface area contributed by atoms with Crippen molar-refractivity contribution in [3.05, 3.63) is 0 Å². The number of hydrogen-bond acceptors (Lipinski definition) is 2. The molecular weight excluding hydrogens is 208 g/mol. The molecule has 0 aromatic heterocycles. The summed E-state index contributed by atoms with van der Waals surface area (Å²) in [6, 6.07) is 0.377. The van der Waals surface area contributed by atoms with E-state index in [9.17, 15) is 0 Å². The van der Waals surface area contributed by atoms with Crippen LogP contribution in [0.5, 0.6) is 0 Å². The second-order valence-electron chi connectivity index (χ2n) is 6.19. The van der Waals surface area contributed by atoms with Crippen LogP contribution in [-0.2, 0) is 0 Å². The maximum Gasteiger partial charge on any atom is 0.00104 e. The number of likely N-dealkylation sites (tertiary alicyclic amines) is 1. The second kappa shape index (κ2) is 8.10. The largest absolute Gasteiger partial charge is 0.328 e. The summed E-state index contributed by atoms with van der Waals surface area (Å²) in [6.07, 6.45) is 8.04. The third-order valence-corrected chi connectivity index (χ3v) is 4.11. The maximum atomic E-state index is 5.79. The van der Waals surface area contributed by atoms with E-state index in [0.29, 0.717) is 6.04 Å². The lowest BCUT2D eigenvalue weighted by Gasteiger charge is -2.34. The van der Waals surface area contributed by atoms with E-state index < -0.39 is 0 Å². The van der Waals surface area contributed by atoms with Gasteiger partial charge in [0.1, 0.15) is 0 Å². The predicted octanol–water partition coefficient (Wildman–Crippen LogP) is 3.26. The minimum atomic E-state index is 0.377. The Morgan fingerprint density at radius 1 is 1.29 bits per heavy atom. The Labute approximate surface area is 108 Å². The molecule has 0 saturated carbocycles. The molecular formula is C15H32N2. The lowest BCUT2D eigenvalue weighted by Crippen LogP contribution is -2.37. The number of hydrogen-bond donors (Lipinski definition) is 1.